The maximum atomic E-state index is 11.5. The Morgan fingerprint density at radius 3 is 2.72 bits per heavy atom. The number of ether oxygens (including phenoxy) is 1. The highest BCUT2D eigenvalue weighted by atomic mass is 35.5. The van der Waals surface area contributed by atoms with Gasteiger partial charge in [-0.3, -0.25) is 0 Å². The monoisotopic (exact) mass is 265 g/mol. The second kappa shape index (κ2) is 5.10. The van der Waals surface area contributed by atoms with Crippen molar-refractivity contribution in [3.8, 4) is 11.3 Å². The van der Waals surface area contributed by atoms with Crippen LogP contribution in [-0.2, 0) is 4.74 Å². The molecule has 6 heteroatoms. The first kappa shape index (κ1) is 12.4. The van der Waals surface area contributed by atoms with Crippen LogP contribution in [0.15, 0.2) is 30.3 Å². The van der Waals surface area contributed by atoms with Gasteiger partial charge in [0.05, 0.1) is 12.3 Å². The number of nitrogen functional groups attached to an aromatic ring is 1. The van der Waals surface area contributed by atoms with E-state index in [2.05, 4.69) is 5.10 Å². The Labute approximate surface area is 109 Å². The topological polar surface area (TPSA) is 70.1 Å². The lowest BCUT2D eigenvalue weighted by Crippen LogP contribution is -2.17. The summed E-state index contributed by atoms with van der Waals surface area (Å²) in [7, 11) is 0. The first-order valence-corrected chi connectivity index (χ1v) is 5.78. The lowest BCUT2D eigenvalue weighted by molar-refractivity contribution is 0.151. The summed E-state index contributed by atoms with van der Waals surface area (Å²) in [5.41, 5.74) is 7.14. The molecule has 0 radical (unpaired) electrons. The highest BCUT2D eigenvalue weighted by molar-refractivity contribution is 6.30. The van der Waals surface area contributed by atoms with Crippen molar-refractivity contribution in [2.45, 2.75) is 6.92 Å². The Balaban J connectivity index is 2.34. The molecule has 0 atom stereocenters. The maximum absolute atomic E-state index is 11.5. The zero-order chi connectivity index (χ0) is 13.1. The third kappa shape index (κ3) is 2.46. The van der Waals surface area contributed by atoms with Gasteiger partial charge >= 0.3 is 6.09 Å². The van der Waals surface area contributed by atoms with Gasteiger partial charge in [0.15, 0.2) is 0 Å². The van der Waals surface area contributed by atoms with E-state index in [0.717, 1.165) is 10.2 Å². The van der Waals surface area contributed by atoms with Crippen molar-refractivity contribution in [2.24, 2.45) is 0 Å². The number of benzene rings is 1. The summed E-state index contributed by atoms with van der Waals surface area (Å²) in [6, 6.07) is 8.71. The molecule has 2 aromatic rings. The summed E-state index contributed by atoms with van der Waals surface area (Å²) in [5, 5.41) is 4.74. The lowest BCUT2D eigenvalue weighted by Gasteiger charge is -2.01. The van der Waals surface area contributed by atoms with Crippen molar-refractivity contribution in [3.05, 3.63) is 35.4 Å². The molecule has 0 aliphatic heterocycles. The van der Waals surface area contributed by atoms with Crippen LogP contribution in [-0.4, -0.2) is 22.5 Å². The minimum absolute atomic E-state index is 0.235. The summed E-state index contributed by atoms with van der Waals surface area (Å²) in [4.78, 5) is 11.5. The van der Waals surface area contributed by atoms with Gasteiger partial charge in [0.25, 0.3) is 0 Å². The molecule has 5 nitrogen and oxygen atoms in total. The quantitative estimate of drug-likeness (QED) is 0.906. The van der Waals surface area contributed by atoms with E-state index in [1.807, 2.05) is 0 Å². The van der Waals surface area contributed by atoms with Gasteiger partial charge in [0.1, 0.15) is 5.82 Å². The highest BCUT2D eigenvalue weighted by Gasteiger charge is 2.13. The minimum atomic E-state index is -0.588. The molecule has 0 bridgehead atoms. The fraction of sp³-hybridized carbons (Fsp3) is 0.167. The van der Waals surface area contributed by atoms with E-state index in [1.165, 1.54) is 0 Å². The molecule has 2 rings (SSSR count). The van der Waals surface area contributed by atoms with Gasteiger partial charge in [0, 0.05) is 16.7 Å². The highest BCUT2D eigenvalue weighted by Crippen LogP contribution is 2.22. The molecule has 0 spiro atoms. The van der Waals surface area contributed by atoms with Gasteiger partial charge in [-0.15, -0.1) is 4.68 Å². The van der Waals surface area contributed by atoms with E-state index in [0.29, 0.717) is 10.7 Å². The van der Waals surface area contributed by atoms with E-state index >= 15 is 0 Å². The van der Waals surface area contributed by atoms with E-state index < -0.39 is 6.09 Å². The van der Waals surface area contributed by atoms with Gasteiger partial charge in [-0.05, 0) is 19.1 Å². The average molecular weight is 266 g/mol. The van der Waals surface area contributed by atoms with Gasteiger partial charge in [-0.1, -0.05) is 23.7 Å². The summed E-state index contributed by atoms with van der Waals surface area (Å²) in [6.07, 6.45) is -0.588. The largest absolute Gasteiger partial charge is 0.448 e. The van der Waals surface area contributed by atoms with Crippen molar-refractivity contribution in [3.63, 3.8) is 0 Å². The Morgan fingerprint density at radius 2 is 2.11 bits per heavy atom. The zero-order valence-corrected chi connectivity index (χ0v) is 10.5. The second-order valence-corrected chi connectivity index (χ2v) is 4.01. The molecule has 1 heterocycles. The smallest absolute Gasteiger partial charge is 0.436 e. The normalized spacial score (nSPS) is 10.3. The summed E-state index contributed by atoms with van der Waals surface area (Å²) < 4.78 is 5.87. The Bertz CT molecular complexity index is 563. The lowest BCUT2D eigenvalue weighted by atomic mass is 10.1. The molecule has 94 valence electrons. The average Bonchev–Trinajstić information content (AvgIpc) is 2.72. The first-order chi connectivity index (χ1) is 8.61. The van der Waals surface area contributed by atoms with Crippen molar-refractivity contribution >= 4 is 23.5 Å². The number of nitrogens with two attached hydrogens (primary N) is 1. The standard InChI is InChI=1S/C12H12ClN3O2/c1-2-18-12(17)16-11(14)7-10(15-16)8-3-5-9(13)6-4-8/h3-7H,2,14H2,1H3. The first-order valence-electron chi connectivity index (χ1n) is 5.40. The molecule has 0 aliphatic rings. The van der Waals surface area contributed by atoms with Crippen LogP contribution in [0.3, 0.4) is 0 Å². The number of carbonyl (C=O) groups excluding carboxylic acids is 1. The van der Waals surface area contributed by atoms with Gasteiger partial charge in [-0.2, -0.15) is 5.10 Å². The zero-order valence-electron chi connectivity index (χ0n) is 9.76. The van der Waals surface area contributed by atoms with Crippen molar-refractivity contribution in [2.75, 3.05) is 12.3 Å². The summed E-state index contributed by atoms with van der Waals surface area (Å²) >= 11 is 5.80. The Hall–Kier alpha value is -2.01. The molecule has 1 aromatic heterocycles. The van der Waals surface area contributed by atoms with E-state index in [9.17, 15) is 4.79 Å². The predicted octanol–water partition coefficient (Wildman–Crippen LogP) is 2.79. The number of hydrogen-bond donors (Lipinski definition) is 1. The fourth-order valence-corrected chi connectivity index (χ4v) is 1.61. The number of aromatic nitrogens is 2. The molecule has 0 aliphatic carbocycles. The predicted molar refractivity (Wildman–Crippen MR) is 69.5 cm³/mol. The maximum Gasteiger partial charge on any atom is 0.436 e. The molecule has 1 aromatic carbocycles. The number of halogens is 1. The van der Waals surface area contributed by atoms with Gasteiger partial charge in [-0.25, -0.2) is 4.79 Å². The van der Waals surface area contributed by atoms with E-state index in [4.69, 9.17) is 22.1 Å². The molecular weight excluding hydrogens is 254 g/mol. The van der Waals surface area contributed by atoms with Crippen molar-refractivity contribution in [1.82, 2.24) is 9.78 Å². The summed E-state index contributed by atoms with van der Waals surface area (Å²) in [6.45, 7) is 1.99. The number of carbonyl (C=O) groups is 1. The van der Waals surface area contributed by atoms with Gasteiger partial charge < -0.3 is 10.5 Å². The second-order valence-electron chi connectivity index (χ2n) is 3.57. The molecule has 0 unspecified atom stereocenters. The molecular formula is C12H12ClN3O2. The Kier molecular flexibility index (Phi) is 3.53. The number of hydrogen-bond acceptors (Lipinski definition) is 4. The van der Waals surface area contributed by atoms with Crippen LogP contribution in [0, 0.1) is 0 Å². The fourth-order valence-electron chi connectivity index (χ4n) is 1.49. The number of nitrogens with zero attached hydrogens (tertiary/aromatic N) is 2. The van der Waals surface area contributed by atoms with E-state index in [1.54, 1.807) is 37.3 Å². The number of rotatable bonds is 2. The number of anilines is 1. The van der Waals surface area contributed by atoms with Crippen LogP contribution in [0.2, 0.25) is 5.02 Å². The van der Waals surface area contributed by atoms with Gasteiger partial charge in [0.2, 0.25) is 0 Å². The van der Waals surface area contributed by atoms with E-state index in [-0.39, 0.29) is 12.4 Å². The molecule has 18 heavy (non-hydrogen) atoms. The van der Waals surface area contributed by atoms with Crippen LogP contribution in [0.1, 0.15) is 6.92 Å². The molecule has 0 fully saturated rings. The SMILES string of the molecule is CCOC(=O)n1nc(-c2ccc(Cl)cc2)cc1N. The third-order valence-electron chi connectivity index (χ3n) is 2.32. The third-order valence-corrected chi connectivity index (χ3v) is 2.57. The molecule has 0 amide bonds. The molecule has 0 saturated heterocycles. The van der Waals surface area contributed by atoms with Crippen molar-refractivity contribution in [1.29, 1.82) is 0 Å². The Morgan fingerprint density at radius 1 is 1.44 bits per heavy atom. The van der Waals surface area contributed by atoms with Crippen LogP contribution < -0.4 is 5.73 Å². The molecule has 2 N–H and O–H groups in total. The van der Waals surface area contributed by atoms with Crippen LogP contribution in [0.5, 0.6) is 0 Å². The summed E-state index contributed by atoms with van der Waals surface area (Å²) in [5.74, 6) is 0.235. The van der Waals surface area contributed by atoms with Crippen LogP contribution >= 0.6 is 11.6 Å². The van der Waals surface area contributed by atoms with Crippen LogP contribution in [0.4, 0.5) is 10.6 Å². The van der Waals surface area contributed by atoms with Crippen LogP contribution in [0.25, 0.3) is 11.3 Å². The van der Waals surface area contributed by atoms with Crippen molar-refractivity contribution < 1.29 is 9.53 Å². The molecule has 0 saturated carbocycles. The minimum Gasteiger partial charge on any atom is -0.448 e.